The number of hydrogen-bond donors (Lipinski definition) is 0. The van der Waals surface area contributed by atoms with Crippen LogP contribution in [0.1, 0.15) is 46.5 Å². The van der Waals surface area contributed by atoms with Gasteiger partial charge in [0.1, 0.15) is 5.78 Å². The molecule has 4 nitrogen and oxygen atoms in total. The van der Waals surface area contributed by atoms with Crippen molar-refractivity contribution in [1.29, 1.82) is 0 Å². The lowest BCUT2D eigenvalue weighted by molar-refractivity contribution is -0.134. The average molecular weight is 253 g/mol. The van der Waals surface area contributed by atoms with Crippen LogP contribution in [0.2, 0.25) is 0 Å². The average Bonchev–Trinajstić information content (AvgIpc) is 2.33. The Kier molecular flexibility index (Phi) is 8.80. The summed E-state index contributed by atoms with van der Waals surface area (Å²) in [6.07, 6.45) is 6.54. The van der Waals surface area contributed by atoms with Crippen molar-refractivity contribution in [2.75, 3.05) is 6.54 Å². The topological polar surface area (TPSA) is 54.5 Å². The Balaban J connectivity index is 3.79. The number of unbranched alkanes of at least 4 members (excludes halogenated alkanes) is 2. The molecule has 0 rings (SSSR count). The number of Topliss-reactive ketones (excluding diaryl/α,β-unsaturated/α-hetero) is 1. The molecule has 0 fully saturated rings. The Morgan fingerprint density at radius 1 is 1.17 bits per heavy atom. The van der Waals surface area contributed by atoms with E-state index in [1.165, 1.54) is 6.08 Å². The van der Waals surface area contributed by atoms with Crippen LogP contribution in [0.5, 0.6) is 0 Å². The summed E-state index contributed by atoms with van der Waals surface area (Å²) in [4.78, 5) is 34.6. The number of imide groups is 1. The lowest BCUT2D eigenvalue weighted by Crippen LogP contribution is -2.28. The second kappa shape index (κ2) is 9.57. The van der Waals surface area contributed by atoms with Gasteiger partial charge in [-0.15, -0.1) is 0 Å². The van der Waals surface area contributed by atoms with Crippen LogP contribution < -0.4 is 0 Å². The fourth-order valence-corrected chi connectivity index (χ4v) is 1.50. The molecule has 0 aromatic rings. The van der Waals surface area contributed by atoms with Gasteiger partial charge >= 0.3 is 0 Å². The minimum absolute atomic E-state index is 0.0905. The first-order chi connectivity index (χ1) is 8.52. The summed E-state index contributed by atoms with van der Waals surface area (Å²) >= 11 is 0. The molecule has 4 heteroatoms. The van der Waals surface area contributed by atoms with Crippen LogP contribution in [-0.4, -0.2) is 29.5 Å². The maximum Gasteiger partial charge on any atom is 0.252 e. The first-order valence-electron chi connectivity index (χ1n) is 6.44. The highest BCUT2D eigenvalue weighted by Crippen LogP contribution is 2.06. The largest absolute Gasteiger partial charge is 0.299 e. The number of ketones is 1. The number of carbonyl (C=O) groups excluding carboxylic acids is 3. The maximum atomic E-state index is 11.4. The van der Waals surface area contributed by atoms with E-state index < -0.39 is 0 Å². The molecule has 0 radical (unpaired) electrons. The van der Waals surface area contributed by atoms with Crippen LogP contribution in [0.3, 0.4) is 0 Å². The Morgan fingerprint density at radius 2 is 1.83 bits per heavy atom. The molecule has 0 bridgehead atoms. The highest BCUT2D eigenvalue weighted by molar-refractivity contribution is 5.94. The molecule has 0 saturated carbocycles. The van der Waals surface area contributed by atoms with E-state index in [1.807, 2.05) is 13.8 Å². The van der Waals surface area contributed by atoms with Gasteiger partial charge in [-0.05, 0) is 25.8 Å². The Bertz CT molecular complexity index is 308. The van der Waals surface area contributed by atoms with Crippen LogP contribution >= 0.6 is 0 Å². The van der Waals surface area contributed by atoms with Crippen molar-refractivity contribution < 1.29 is 14.4 Å². The van der Waals surface area contributed by atoms with Crippen molar-refractivity contribution >= 4 is 18.1 Å². The first-order valence-corrected chi connectivity index (χ1v) is 6.44. The monoisotopic (exact) mass is 253 g/mol. The van der Waals surface area contributed by atoms with Gasteiger partial charge in [0.2, 0.25) is 6.41 Å². The number of hydrogen-bond acceptors (Lipinski definition) is 3. The fraction of sp³-hybridized carbons (Fsp3) is 0.643. The standard InChI is InChI=1S/C14H23NO3/c1-4-8-14(18)15(11-16)10-7-5-6-9-13(17)12(2)3/h4,8,11-12H,5-7,9-10H2,1-3H3/b8-4-. The Morgan fingerprint density at radius 3 is 2.33 bits per heavy atom. The number of rotatable bonds is 9. The second-order valence-electron chi connectivity index (χ2n) is 4.57. The minimum Gasteiger partial charge on any atom is -0.299 e. The van der Waals surface area contributed by atoms with Crippen LogP contribution in [0.15, 0.2) is 12.2 Å². The maximum absolute atomic E-state index is 11.4. The van der Waals surface area contributed by atoms with Crippen LogP contribution in [-0.2, 0) is 14.4 Å². The van der Waals surface area contributed by atoms with Gasteiger partial charge in [-0.3, -0.25) is 19.3 Å². The summed E-state index contributed by atoms with van der Waals surface area (Å²) in [5, 5.41) is 0. The predicted molar refractivity (Wildman–Crippen MR) is 70.9 cm³/mol. The van der Waals surface area contributed by atoms with E-state index >= 15 is 0 Å². The SMILES string of the molecule is C/C=C\C(=O)N(C=O)CCCCCC(=O)C(C)C. The summed E-state index contributed by atoms with van der Waals surface area (Å²) in [5.41, 5.74) is 0. The highest BCUT2D eigenvalue weighted by atomic mass is 16.2. The van der Waals surface area contributed by atoms with Crippen molar-refractivity contribution in [2.45, 2.75) is 46.5 Å². The molecule has 0 aromatic heterocycles. The molecule has 0 unspecified atom stereocenters. The minimum atomic E-state index is -0.286. The van der Waals surface area contributed by atoms with E-state index in [0.717, 1.165) is 24.2 Å². The van der Waals surface area contributed by atoms with E-state index in [0.29, 0.717) is 19.4 Å². The molecule has 2 amide bonds. The molecule has 0 N–H and O–H groups in total. The van der Waals surface area contributed by atoms with E-state index in [4.69, 9.17) is 0 Å². The molecule has 0 spiro atoms. The summed E-state index contributed by atoms with van der Waals surface area (Å²) < 4.78 is 0. The quantitative estimate of drug-likeness (QED) is 0.360. The third-order valence-electron chi connectivity index (χ3n) is 2.69. The molecular formula is C14H23NO3. The van der Waals surface area contributed by atoms with Crippen molar-refractivity contribution in [2.24, 2.45) is 5.92 Å². The van der Waals surface area contributed by atoms with Crippen molar-refractivity contribution in [3.8, 4) is 0 Å². The van der Waals surface area contributed by atoms with Gasteiger partial charge in [-0.25, -0.2) is 0 Å². The molecule has 0 saturated heterocycles. The van der Waals surface area contributed by atoms with Gasteiger partial charge in [0, 0.05) is 18.9 Å². The van der Waals surface area contributed by atoms with Gasteiger partial charge < -0.3 is 0 Å². The van der Waals surface area contributed by atoms with Gasteiger partial charge in [-0.1, -0.05) is 26.3 Å². The van der Waals surface area contributed by atoms with Crippen molar-refractivity contribution in [3.05, 3.63) is 12.2 Å². The molecule has 0 aliphatic rings. The molecule has 102 valence electrons. The fourth-order valence-electron chi connectivity index (χ4n) is 1.50. The summed E-state index contributed by atoms with van der Waals surface area (Å²) in [6, 6.07) is 0. The Hall–Kier alpha value is -1.45. The van der Waals surface area contributed by atoms with Crippen molar-refractivity contribution in [3.63, 3.8) is 0 Å². The molecule has 0 heterocycles. The third kappa shape index (κ3) is 6.99. The second-order valence-corrected chi connectivity index (χ2v) is 4.57. The summed E-state index contributed by atoms with van der Waals surface area (Å²) in [6.45, 7) is 5.94. The van der Waals surface area contributed by atoms with E-state index in [1.54, 1.807) is 13.0 Å². The van der Waals surface area contributed by atoms with E-state index in [2.05, 4.69) is 0 Å². The van der Waals surface area contributed by atoms with Crippen LogP contribution in [0.25, 0.3) is 0 Å². The number of carbonyl (C=O) groups is 3. The van der Waals surface area contributed by atoms with Crippen LogP contribution in [0.4, 0.5) is 0 Å². The number of amides is 2. The molecule has 0 aliphatic heterocycles. The molecule has 0 atom stereocenters. The zero-order chi connectivity index (χ0) is 14.0. The lowest BCUT2D eigenvalue weighted by atomic mass is 10.0. The molecule has 18 heavy (non-hydrogen) atoms. The number of allylic oxidation sites excluding steroid dienone is 1. The first kappa shape index (κ1) is 16.6. The normalized spacial score (nSPS) is 10.9. The van der Waals surface area contributed by atoms with E-state index in [-0.39, 0.29) is 17.6 Å². The van der Waals surface area contributed by atoms with E-state index in [9.17, 15) is 14.4 Å². The highest BCUT2D eigenvalue weighted by Gasteiger charge is 2.09. The lowest BCUT2D eigenvalue weighted by Gasteiger charge is -2.12. The third-order valence-corrected chi connectivity index (χ3v) is 2.69. The zero-order valence-corrected chi connectivity index (χ0v) is 11.5. The van der Waals surface area contributed by atoms with Gasteiger partial charge in [0.15, 0.2) is 0 Å². The summed E-state index contributed by atoms with van der Waals surface area (Å²) in [5.74, 6) is 0.0748. The van der Waals surface area contributed by atoms with Crippen LogP contribution in [0, 0.1) is 5.92 Å². The zero-order valence-electron chi connectivity index (χ0n) is 11.5. The Labute approximate surface area is 109 Å². The molecule has 0 aliphatic carbocycles. The van der Waals surface area contributed by atoms with Crippen molar-refractivity contribution in [1.82, 2.24) is 4.90 Å². The van der Waals surface area contributed by atoms with Gasteiger partial charge in [-0.2, -0.15) is 0 Å². The number of nitrogens with zero attached hydrogens (tertiary/aromatic N) is 1. The molecular weight excluding hydrogens is 230 g/mol. The smallest absolute Gasteiger partial charge is 0.252 e. The van der Waals surface area contributed by atoms with Gasteiger partial charge in [0.05, 0.1) is 0 Å². The summed E-state index contributed by atoms with van der Waals surface area (Å²) in [7, 11) is 0. The predicted octanol–water partition coefficient (Wildman–Crippen LogP) is 2.33. The van der Waals surface area contributed by atoms with Gasteiger partial charge in [0.25, 0.3) is 5.91 Å². The molecule has 0 aromatic carbocycles.